The van der Waals surface area contributed by atoms with E-state index in [2.05, 4.69) is 20.0 Å². The van der Waals surface area contributed by atoms with Crippen LogP contribution < -0.4 is 20.5 Å². The van der Waals surface area contributed by atoms with Gasteiger partial charge in [-0.05, 0) is 80.6 Å². The van der Waals surface area contributed by atoms with Crippen molar-refractivity contribution in [3.05, 3.63) is 81.9 Å². The quantitative estimate of drug-likeness (QED) is 0.214. The minimum atomic E-state index is -5.03. The number of aryl methyl sites for hydroxylation is 1. The van der Waals surface area contributed by atoms with Gasteiger partial charge in [0, 0.05) is 28.3 Å². The van der Waals surface area contributed by atoms with E-state index >= 15 is 0 Å². The third kappa shape index (κ3) is 5.69. The SMILES string of the molecule is Cc1cnc2c(OC(F)(F)F)cc(C(=O)NC[C@](O)(c3cc4c(c(-c5ccc(F)c(Cl)c5)n3)OC[C@]4(C)C(N)=O)C3CC3)cc2c1. The zero-order chi connectivity index (χ0) is 33.2. The van der Waals surface area contributed by atoms with E-state index in [0.29, 0.717) is 29.5 Å². The number of primary amides is 1. The number of carbonyl (C=O) groups is 2. The van der Waals surface area contributed by atoms with Crippen molar-refractivity contribution in [2.75, 3.05) is 13.2 Å². The standard InChI is InChI=1S/C32H27ClF4N4O5/c1-15-7-17-8-18(10-23(25(17)39-12-15)46-32(35,36)37)28(42)40-13-31(44,19-4-5-19)24-11-20-27(45-14-30(20,2)29(38)43)26(41-24)16-3-6-22(34)21(33)9-16/h3,6-12,19,44H,4-5,13-14H2,1-2H3,(H2,38,43)(H,40,42)/t30-,31+/m0/s1. The van der Waals surface area contributed by atoms with Gasteiger partial charge in [0.1, 0.15) is 40.4 Å². The van der Waals surface area contributed by atoms with Crippen molar-refractivity contribution >= 4 is 34.3 Å². The highest BCUT2D eigenvalue weighted by molar-refractivity contribution is 6.31. The molecule has 2 aliphatic rings. The van der Waals surface area contributed by atoms with Gasteiger partial charge in [-0.3, -0.25) is 14.6 Å². The van der Waals surface area contributed by atoms with E-state index in [1.165, 1.54) is 30.5 Å². The molecule has 0 unspecified atom stereocenters. The highest BCUT2D eigenvalue weighted by atomic mass is 35.5. The van der Waals surface area contributed by atoms with Gasteiger partial charge in [-0.1, -0.05) is 11.6 Å². The maximum atomic E-state index is 14.0. The van der Waals surface area contributed by atoms with Gasteiger partial charge in [0.05, 0.1) is 17.3 Å². The van der Waals surface area contributed by atoms with Crippen LogP contribution >= 0.6 is 11.6 Å². The van der Waals surface area contributed by atoms with Crippen molar-refractivity contribution in [2.24, 2.45) is 11.7 Å². The zero-order valence-corrected chi connectivity index (χ0v) is 25.2. The summed E-state index contributed by atoms with van der Waals surface area (Å²) in [5.74, 6) is -2.94. The molecular weight excluding hydrogens is 632 g/mol. The second-order valence-electron chi connectivity index (χ2n) is 11.8. The van der Waals surface area contributed by atoms with Crippen molar-refractivity contribution in [3.63, 3.8) is 0 Å². The number of aliphatic hydroxyl groups is 1. The molecule has 2 amide bonds. The number of fused-ring (bicyclic) bond motifs is 2. The Morgan fingerprint density at radius 1 is 1.20 bits per heavy atom. The monoisotopic (exact) mass is 658 g/mol. The Bertz CT molecular complexity index is 1920. The lowest BCUT2D eigenvalue weighted by molar-refractivity contribution is -0.274. The number of aromatic nitrogens is 2. The van der Waals surface area contributed by atoms with Crippen LogP contribution in [0.1, 0.15) is 46.9 Å². The molecule has 0 saturated heterocycles. The van der Waals surface area contributed by atoms with Gasteiger partial charge in [-0.25, -0.2) is 9.37 Å². The van der Waals surface area contributed by atoms with E-state index in [9.17, 15) is 32.3 Å². The van der Waals surface area contributed by atoms with Crippen molar-refractivity contribution < 1.29 is 41.7 Å². The number of halogens is 5. The average Bonchev–Trinajstić information content (AvgIpc) is 3.79. The molecule has 1 aliphatic heterocycles. The summed E-state index contributed by atoms with van der Waals surface area (Å²) in [4.78, 5) is 34.7. The summed E-state index contributed by atoms with van der Waals surface area (Å²) < 4.78 is 63.7. The van der Waals surface area contributed by atoms with Crippen molar-refractivity contribution in [3.8, 4) is 22.8 Å². The highest BCUT2D eigenvalue weighted by Crippen LogP contribution is 2.50. The molecule has 1 fully saturated rings. The Hall–Kier alpha value is -4.49. The molecule has 0 bridgehead atoms. The van der Waals surface area contributed by atoms with Crippen molar-refractivity contribution in [1.82, 2.24) is 15.3 Å². The molecular formula is C32H27ClF4N4O5. The van der Waals surface area contributed by atoms with Crippen LogP contribution in [0.15, 0.2) is 48.7 Å². The number of alkyl halides is 3. The molecule has 46 heavy (non-hydrogen) atoms. The van der Waals surface area contributed by atoms with Crippen molar-refractivity contribution in [1.29, 1.82) is 0 Å². The lowest BCUT2D eigenvalue weighted by Gasteiger charge is -2.30. The summed E-state index contributed by atoms with van der Waals surface area (Å²) in [6.07, 6.45) is -2.49. The molecule has 2 atom stereocenters. The summed E-state index contributed by atoms with van der Waals surface area (Å²) >= 11 is 6.06. The third-order valence-electron chi connectivity index (χ3n) is 8.40. The van der Waals surface area contributed by atoms with Gasteiger partial charge in [0.15, 0.2) is 5.75 Å². The van der Waals surface area contributed by atoms with Gasteiger partial charge in [0.25, 0.3) is 5.91 Å². The number of nitrogens with zero attached hydrogens (tertiary/aromatic N) is 2. The van der Waals surface area contributed by atoms with Crippen molar-refractivity contribution in [2.45, 2.75) is 44.1 Å². The average molecular weight is 659 g/mol. The fraction of sp³-hybridized carbons (Fsp3) is 0.312. The number of ether oxygens (including phenoxy) is 2. The normalized spacial score (nSPS) is 18.9. The van der Waals surface area contributed by atoms with Crippen LogP contribution in [-0.2, 0) is 15.8 Å². The fourth-order valence-electron chi connectivity index (χ4n) is 5.63. The lowest BCUT2D eigenvalue weighted by Crippen LogP contribution is -2.44. The number of rotatable bonds is 8. The largest absolute Gasteiger partial charge is 0.573 e. The molecule has 14 heteroatoms. The molecule has 0 radical (unpaired) electrons. The maximum absolute atomic E-state index is 14.0. The van der Waals surface area contributed by atoms with Crippen LogP contribution in [0.4, 0.5) is 17.6 Å². The Morgan fingerprint density at radius 3 is 2.59 bits per heavy atom. The first kappa shape index (κ1) is 31.5. The van der Waals surface area contributed by atoms with E-state index in [1.807, 2.05) is 0 Å². The number of amides is 2. The number of pyridine rings is 2. The summed E-state index contributed by atoms with van der Waals surface area (Å²) in [5, 5.41) is 14.8. The van der Waals surface area contributed by atoms with E-state index in [1.54, 1.807) is 19.9 Å². The molecule has 240 valence electrons. The first-order valence-corrected chi connectivity index (χ1v) is 14.6. The van der Waals surface area contributed by atoms with E-state index in [-0.39, 0.29) is 57.7 Å². The van der Waals surface area contributed by atoms with Crippen LogP contribution in [-0.4, -0.2) is 46.4 Å². The number of nitrogens with two attached hydrogens (primary N) is 1. The summed E-state index contributed by atoms with van der Waals surface area (Å²) in [6, 6.07) is 9.29. The molecule has 0 spiro atoms. The minimum absolute atomic E-state index is 0.0792. The summed E-state index contributed by atoms with van der Waals surface area (Å²) in [6.45, 7) is 2.79. The molecule has 1 saturated carbocycles. The Labute approximate surface area is 264 Å². The molecule has 4 aromatic rings. The van der Waals surface area contributed by atoms with E-state index in [4.69, 9.17) is 22.1 Å². The third-order valence-corrected chi connectivity index (χ3v) is 8.69. The predicted molar refractivity (Wildman–Crippen MR) is 159 cm³/mol. The number of carbonyl (C=O) groups excluding carboxylic acids is 2. The number of hydrogen-bond acceptors (Lipinski definition) is 7. The van der Waals surface area contributed by atoms with Crippen LogP contribution in [0.5, 0.6) is 11.5 Å². The van der Waals surface area contributed by atoms with Gasteiger partial charge < -0.3 is 25.6 Å². The maximum Gasteiger partial charge on any atom is 0.573 e. The molecule has 1 aliphatic carbocycles. The first-order valence-electron chi connectivity index (χ1n) is 14.2. The summed E-state index contributed by atoms with van der Waals surface area (Å²) in [5.41, 5.74) is 4.04. The summed E-state index contributed by atoms with van der Waals surface area (Å²) in [7, 11) is 0. The molecule has 9 nitrogen and oxygen atoms in total. The Kier molecular flexibility index (Phi) is 7.59. The molecule has 6 rings (SSSR count). The van der Waals surface area contributed by atoms with E-state index in [0.717, 1.165) is 12.1 Å². The molecule has 3 heterocycles. The number of nitrogens with one attached hydrogen (secondary N) is 1. The number of benzene rings is 2. The molecule has 2 aromatic heterocycles. The Morgan fingerprint density at radius 2 is 1.93 bits per heavy atom. The van der Waals surface area contributed by atoms with Crippen LogP contribution in [0.3, 0.4) is 0 Å². The minimum Gasteiger partial charge on any atom is -0.489 e. The zero-order valence-electron chi connectivity index (χ0n) is 24.5. The van der Waals surface area contributed by atoms with Gasteiger partial charge in [0.2, 0.25) is 5.91 Å². The van der Waals surface area contributed by atoms with Crippen LogP contribution in [0.25, 0.3) is 22.2 Å². The van der Waals surface area contributed by atoms with Crippen LogP contribution in [0, 0.1) is 18.7 Å². The first-order chi connectivity index (χ1) is 21.6. The topological polar surface area (TPSA) is 137 Å². The Balaban J connectivity index is 1.40. The number of hydrogen-bond donors (Lipinski definition) is 3. The van der Waals surface area contributed by atoms with Gasteiger partial charge in [-0.15, -0.1) is 13.2 Å². The fourth-order valence-corrected chi connectivity index (χ4v) is 5.81. The van der Waals surface area contributed by atoms with E-state index < -0.39 is 40.8 Å². The second-order valence-corrected chi connectivity index (χ2v) is 12.2. The van der Waals surface area contributed by atoms with Gasteiger partial charge >= 0.3 is 6.36 Å². The highest BCUT2D eigenvalue weighted by Gasteiger charge is 2.50. The predicted octanol–water partition coefficient (Wildman–Crippen LogP) is 5.46. The van der Waals surface area contributed by atoms with Crippen LogP contribution in [0.2, 0.25) is 5.02 Å². The molecule has 4 N–H and O–H groups in total. The molecule has 2 aromatic carbocycles. The second kappa shape index (κ2) is 11.1. The smallest absolute Gasteiger partial charge is 0.489 e. The van der Waals surface area contributed by atoms with Gasteiger partial charge in [-0.2, -0.15) is 0 Å². The lowest BCUT2D eigenvalue weighted by atomic mass is 9.81.